The highest BCUT2D eigenvalue weighted by molar-refractivity contribution is 7.09. The van der Waals surface area contributed by atoms with Crippen molar-refractivity contribution in [2.24, 2.45) is 5.92 Å². The molecule has 3 nitrogen and oxygen atoms in total. The topological polar surface area (TPSA) is 42.0 Å². The first-order chi connectivity index (χ1) is 10.2. The number of aryl methyl sites for hydroxylation is 1. The number of rotatable bonds is 6. The summed E-state index contributed by atoms with van der Waals surface area (Å²) in [5, 5.41) is 6.03. The lowest BCUT2D eigenvalue weighted by Crippen LogP contribution is -2.29. The van der Waals surface area contributed by atoms with E-state index in [1.807, 2.05) is 5.38 Å². The number of nitrogens with zero attached hydrogens (tertiary/aromatic N) is 1. The standard InChI is InChI=1S/C16H17FN2OS/c17-13-6-1-11(2-7-13)3-8-14(20)19-15(12-4-5-12)16-18-9-10-21-16/h1-2,6-7,9-10,12,15H,3-5,8H2,(H,19,20)/t15-/m0/s1. The molecular weight excluding hydrogens is 287 g/mol. The monoisotopic (exact) mass is 304 g/mol. The van der Waals surface area contributed by atoms with Crippen molar-refractivity contribution in [2.45, 2.75) is 31.7 Å². The average molecular weight is 304 g/mol. The Morgan fingerprint density at radius 1 is 1.38 bits per heavy atom. The fourth-order valence-electron chi connectivity index (χ4n) is 2.35. The maximum atomic E-state index is 12.8. The van der Waals surface area contributed by atoms with Gasteiger partial charge in [-0.25, -0.2) is 9.37 Å². The molecule has 3 rings (SSSR count). The van der Waals surface area contributed by atoms with Crippen LogP contribution in [0.1, 0.15) is 35.9 Å². The third kappa shape index (κ3) is 3.88. The molecule has 1 aliphatic rings. The van der Waals surface area contributed by atoms with E-state index in [1.165, 1.54) is 12.1 Å². The van der Waals surface area contributed by atoms with Crippen LogP contribution >= 0.6 is 11.3 Å². The Hall–Kier alpha value is -1.75. The number of hydrogen-bond acceptors (Lipinski definition) is 3. The summed E-state index contributed by atoms with van der Waals surface area (Å²) >= 11 is 1.59. The Balaban J connectivity index is 1.54. The van der Waals surface area contributed by atoms with Crippen LogP contribution in [0.5, 0.6) is 0 Å². The van der Waals surface area contributed by atoms with Gasteiger partial charge < -0.3 is 5.32 Å². The Kier molecular flexibility index (Phi) is 4.29. The molecule has 5 heteroatoms. The Bertz CT molecular complexity index is 593. The first-order valence-corrected chi connectivity index (χ1v) is 8.03. The molecule has 2 aromatic rings. The lowest BCUT2D eigenvalue weighted by atomic mass is 10.1. The van der Waals surface area contributed by atoms with Crippen molar-refractivity contribution >= 4 is 17.2 Å². The maximum Gasteiger partial charge on any atom is 0.220 e. The predicted molar refractivity (Wildman–Crippen MR) is 80.4 cm³/mol. The van der Waals surface area contributed by atoms with E-state index in [0.29, 0.717) is 18.8 Å². The van der Waals surface area contributed by atoms with E-state index in [4.69, 9.17) is 0 Å². The number of nitrogens with one attached hydrogen (secondary N) is 1. The number of amides is 1. The summed E-state index contributed by atoms with van der Waals surface area (Å²) < 4.78 is 12.8. The first-order valence-electron chi connectivity index (χ1n) is 7.15. The molecule has 1 saturated carbocycles. The maximum absolute atomic E-state index is 12.8. The number of carbonyl (C=O) groups excluding carboxylic acids is 1. The largest absolute Gasteiger partial charge is 0.347 e. The summed E-state index contributed by atoms with van der Waals surface area (Å²) in [4.78, 5) is 16.4. The molecule has 1 fully saturated rings. The van der Waals surface area contributed by atoms with Gasteiger partial charge in [0.2, 0.25) is 5.91 Å². The molecule has 0 aliphatic heterocycles. The zero-order valence-corrected chi connectivity index (χ0v) is 12.4. The molecule has 21 heavy (non-hydrogen) atoms. The van der Waals surface area contributed by atoms with Gasteiger partial charge in [0.1, 0.15) is 10.8 Å². The van der Waals surface area contributed by atoms with Crippen LogP contribution in [-0.4, -0.2) is 10.9 Å². The molecule has 0 spiro atoms. The second kappa shape index (κ2) is 6.35. The van der Waals surface area contributed by atoms with Gasteiger partial charge in [0.15, 0.2) is 0 Å². The molecule has 110 valence electrons. The van der Waals surface area contributed by atoms with Gasteiger partial charge in [-0.05, 0) is 42.9 Å². The van der Waals surface area contributed by atoms with Crippen LogP contribution in [0, 0.1) is 11.7 Å². The smallest absolute Gasteiger partial charge is 0.220 e. The van der Waals surface area contributed by atoms with Gasteiger partial charge in [0.05, 0.1) is 6.04 Å². The Labute approximate surface area is 127 Å². The van der Waals surface area contributed by atoms with Crippen molar-refractivity contribution in [1.82, 2.24) is 10.3 Å². The fourth-order valence-corrected chi connectivity index (χ4v) is 3.13. The average Bonchev–Trinajstić information content (AvgIpc) is 3.18. The molecule has 1 aliphatic carbocycles. The van der Waals surface area contributed by atoms with E-state index in [-0.39, 0.29) is 17.8 Å². The summed E-state index contributed by atoms with van der Waals surface area (Å²) in [5.41, 5.74) is 0.976. The predicted octanol–water partition coefficient (Wildman–Crippen LogP) is 3.48. The highest BCUT2D eigenvalue weighted by Crippen LogP contribution is 2.41. The van der Waals surface area contributed by atoms with Crippen molar-refractivity contribution < 1.29 is 9.18 Å². The lowest BCUT2D eigenvalue weighted by molar-refractivity contribution is -0.122. The minimum Gasteiger partial charge on any atom is -0.347 e. The van der Waals surface area contributed by atoms with Gasteiger partial charge in [-0.2, -0.15) is 0 Å². The second-order valence-electron chi connectivity index (χ2n) is 5.38. The minimum atomic E-state index is -0.249. The number of carbonyl (C=O) groups is 1. The van der Waals surface area contributed by atoms with Gasteiger partial charge >= 0.3 is 0 Å². The number of halogens is 1. The van der Waals surface area contributed by atoms with Crippen LogP contribution in [0.4, 0.5) is 4.39 Å². The van der Waals surface area contributed by atoms with Crippen molar-refractivity contribution in [3.05, 3.63) is 52.2 Å². The van der Waals surface area contributed by atoms with E-state index in [0.717, 1.165) is 23.4 Å². The molecule has 1 heterocycles. The number of thiazole rings is 1. The van der Waals surface area contributed by atoms with Crippen molar-refractivity contribution in [2.75, 3.05) is 0 Å². The minimum absolute atomic E-state index is 0.0337. The summed E-state index contributed by atoms with van der Waals surface area (Å²) in [6, 6.07) is 6.36. The van der Waals surface area contributed by atoms with Crippen LogP contribution in [0.3, 0.4) is 0 Å². The van der Waals surface area contributed by atoms with Gasteiger partial charge in [0, 0.05) is 18.0 Å². The van der Waals surface area contributed by atoms with Crippen molar-refractivity contribution in [3.8, 4) is 0 Å². The first kappa shape index (κ1) is 14.2. The molecule has 1 atom stereocenters. The Morgan fingerprint density at radius 3 is 2.76 bits per heavy atom. The molecule has 0 radical (unpaired) electrons. The quantitative estimate of drug-likeness (QED) is 0.887. The summed E-state index contributed by atoms with van der Waals surface area (Å²) in [5.74, 6) is 0.318. The van der Waals surface area contributed by atoms with Crippen LogP contribution in [0.15, 0.2) is 35.8 Å². The number of benzene rings is 1. The lowest BCUT2D eigenvalue weighted by Gasteiger charge is -2.15. The highest BCUT2D eigenvalue weighted by Gasteiger charge is 2.34. The highest BCUT2D eigenvalue weighted by atomic mass is 32.1. The van der Waals surface area contributed by atoms with E-state index in [2.05, 4.69) is 10.3 Å². The van der Waals surface area contributed by atoms with Crippen molar-refractivity contribution in [1.29, 1.82) is 0 Å². The SMILES string of the molecule is O=C(CCc1ccc(F)cc1)N[C@H](c1nccs1)C1CC1. The molecule has 0 unspecified atom stereocenters. The zero-order valence-electron chi connectivity index (χ0n) is 11.6. The van der Waals surface area contributed by atoms with Crippen LogP contribution < -0.4 is 5.32 Å². The third-order valence-electron chi connectivity index (χ3n) is 3.68. The normalized spacial score (nSPS) is 15.7. The summed E-state index contributed by atoms with van der Waals surface area (Å²) in [6.45, 7) is 0. The molecule has 1 N–H and O–H groups in total. The molecule has 1 aromatic carbocycles. The molecule has 0 bridgehead atoms. The summed E-state index contributed by atoms with van der Waals surface area (Å²) in [6.07, 6.45) is 5.13. The fraction of sp³-hybridized carbons (Fsp3) is 0.375. The van der Waals surface area contributed by atoms with Crippen molar-refractivity contribution in [3.63, 3.8) is 0 Å². The van der Waals surface area contributed by atoms with Crippen LogP contribution in [0.2, 0.25) is 0 Å². The van der Waals surface area contributed by atoms with Gasteiger partial charge in [-0.3, -0.25) is 4.79 Å². The van der Waals surface area contributed by atoms with Gasteiger partial charge in [-0.1, -0.05) is 12.1 Å². The van der Waals surface area contributed by atoms with E-state index < -0.39 is 0 Å². The van der Waals surface area contributed by atoms with Gasteiger partial charge in [0.25, 0.3) is 0 Å². The number of aromatic nitrogens is 1. The molecular formula is C16H17FN2OS. The van der Waals surface area contributed by atoms with Crippen LogP contribution in [-0.2, 0) is 11.2 Å². The van der Waals surface area contributed by atoms with E-state index in [1.54, 1.807) is 29.7 Å². The molecule has 0 saturated heterocycles. The molecule has 1 aromatic heterocycles. The summed E-state index contributed by atoms with van der Waals surface area (Å²) in [7, 11) is 0. The van der Waals surface area contributed by atoms with Crippen LogP contribution in [0.25, 0.3) is 0 Å². The third-order valence-corrected chi connectivity index (χ3v) is 4.54. The molecule has 1 amide bonds. The number of hydrogen-bond donors (Lipinski definition) is 1. The zero-order chi connectivity index (χ0) is 14.7. The second-order valence-corrected chi connectivity index (χ2v) is 6.31. The van der Waals surface area contributed by atoms with Gasteiger partial charge in [-0.15, -0.1) is 11.3 Å². The van der Waals surface area contributed by atoms with E-state index >= 15 is 0 Å². The Morgan fingerprint density at radius 2 is 2.14 bits per heavy atom. The van der Waals surface area contributed by atoms with E-state index in [9.17, 15) is 9.18 Å².